The molecule has 3 fully saturated rings. The fourth-order valence-corrected chi connectivity index (χ4v) is 6.33. The molecule has 30 heavy (non-hydrogen) atoms. The Bertz CT molecular complexity index is 802. The van der Waals surface area contributed by atoms with Gasteiger partial charge >= 0.3 is 5.97 Å². The van der Waals surface area contributed by atoms with Gasteiger partial charge in [-0.05, 0) is 87.4 Å². The first-order chi connectivity index (χ1) is 14.4. The molecule has 162 valence electrons. The Morgan fingerprint density at radius 3 is 2.07 bits per heavy atom. The van der Waals surface area contributed by atoms with Crippen molar-refractivity contribution in [1.82, 2.24) is 0 Å². The van der Waals surface area contributed by atoms with Gasteiger partial charge in [0.1, 0.15) is 29.0 Å². The van der Waals surface area contributed by atoms with Crippen LogP contribution in [-0.2, 0) is 4.79 Å². The molecule has 3 nitrogen and oxygen atoms in total. The van der Waals surface area contributed by atoms with Crippen LogP contribution in [0.25, 0.3) is 0 Å². The molecule has 3 aliphatic rings. The summed E-state index contributed by atoms with van der Waals surface area (Å²) >= 11 is 0. The topological polar surface area (TPSA) is 50.1 Å². The third-order valence-corrected chi connectivity index (χ3v) is 8.03. The Balaban J connectivity index is 1.28. The van der Waals surface area contributed by atoms with E-state index in [1.165, 1.54) is 44.6 Å². The van der Waals surface area contributed by atoms with Crippen LogP contribution < -0.4 is 4.74 Å². The molecule has 4 rings (SSSR count). The van der Waals surface area contributed by atoms with Crippen molar-refractivity contribution in [3.63, 3.8) is 0 Å². The highest BCUT2D eigenvalue weighted by Gasteiger charge is 2.39. The minimum absolute atomic E-state index is 0.166. The van der Waals surface area contributed by atoms with E-state index in [0.29, 0.717) is 5.92 Å². The second kappa shape index (κ2) is 9.04. The minimum atomic E-state index is -1.00. The molecule has 0 N–H and O–H groups in total. The van der Waals surface area contributed by atoms with Crippen molar-refractivity contribution >= 4 is 5.97 Å². The molecule has 0 aliphatic heterocycles. The maximum Gasteiger partial charge on any atom is 0.314 e. The monoisotopic (exact) mass is 415 g/mol. The van der Waals surface area contributed by atoms with E-state index >= 15 is 0 Å². The number of fused-ring (bicyclic) bond motifs is 1. The predicted molar refractivity (Wildman–Crippen MR) is 109 cm³/mol. The third-order valence-electron chi connectivity index (χ3n) is 8.03. The lowest BCUT2D eigenvalue weighted by Crippen LogP contribution is -2.35. The highest BCUT2D eigenvalue weighted by Crippen LogP contribution is 2.49. The SMILES string of the molecule is CC1CCC2CC(C3CCC(C(=O)Oc4cc(F)c(C#N)c(F)c4)CC3)CCC2C1. The number of benzene rings is 1. The summed E-state index contributed by atoms with van der Waals surface area (Å²) in [6, 6.07) is 3.30. The normalized spacial score (nSPS) is 33.9. The number of esters is 1. The second-order valence-electron chi connectivity index (χ2n) is 9.92. The van der Waals surface area contributed by atoms with Gasteiger partial charge in [-0.15, -0.1) is 0 Å². The van der Waals surface area contributed by atoms with Crippen LogP contribution in [0.4, 0.5) is 8.78 Å². The summed E-state index contributed by atoms with van der Waals surface area (Å²) in [6.07, 6.45) is 11.9. The smallest absolute Gasteiger partial charge is 0.314 e. The Morgan fingerprint density at radius 2 is 1.43 bits per heavy atom. The summed E-state index contributed by atoms with van der Waals surface area (Å²) in [5.41, 5.74) is -0.655. The summed E-state index contributed by atoms with van der Waals surface area (Å²) in [4.78, 5) is 12.5. The maximum atomic E-state index is 13.7. The molecule has 4 unspecified atom stereocenters. The van der Waals surface area contributed by atoms with Crippen LogP contribution in [0.5, 0.6) is 5.75 Å². The third kappa shape index (κ3) is 4.53. The highest BCUT2D eigenvalue weighted by atomic mass is 19.1. The molecule has 0 bridgehead atoms. The molecular formula is C25H31F2NO2. The minimum Gasteiger partial charge on any atom is -0.426 e. The number of halogens is 2. The van der Waals surface area contributed by atoms with Crippen molar-refractivity contribution in [2.45, 2.75) is 71.1 Å². The Hall–Kier alpha value is -1.96. The van der Waals surface area contributed by atoms with Gasteiger partial charge in [-0.25, -0.2) is 8.78 Å². The lowest BCUT2D eigenvalue weighted by Gasteiger charge is -2.44. The van der Waals surface area contributed by atoms with Gasteiger partial charge in [0.25, 0.3) is 0 Å². The molecule has 0 saturated heterocycles. The van der Waals surface area contributed by atoms with Crippen LogP contribution in [-0.4, -0.2) is 5.97 Å². The Kier molecular flexibility index (Phi) is 6.41. The van der Waals surface area contributed by atoms with Crippen LogP contribution in [0.1, 0.15) is 76.7 Å². The molecule has 1 aromatic rings. The lowest BCUT2D eigenvalue weighted by molar-refractivity contribution is -0.140. The summed E-state index contributed by atoms with van der Waals surface area (Å²) in [6.45, 7) is 2.39. The van der Waals surface area contributed by atoms with E-state index in [4.69, 9.17) is 10.00 Å². The van der Waals surface area contributed by atoms with E-state index in [0.717, 1.165) is 61.5 Å². The summed E-state index contributed by atoms with van der Waals surface area (Å²) in [5.74, 6) is 1.42. The zero-order valence-corrected chi connectivity index (χ0v) is 17.7. The molecule has 3 aliphatic carbocycles. The molecule has 0 radical (unpaired) electrons. The first kappa shape index (κ1) is 21.3. The molecule has 5 heteroatoms. The number of nitriles is 1. The van der Waals surface area contributed by atoms with E-state index in [2.05, 4.69) is 6.92 Å². The zero-order chi connectivity index (χ0) is 21.3. The average molecular weight is 416 g/mol. The summed E-state index contributed by atoms with van der Waals surface area (Å²) in [7, 11) is 0. The molecule has 0 aromatic heterocycles. The van der Waals surface area contributed by atoms with E-state index in [1.807, 2.05) is 0 Å². The predicted octanol–water partition coefficient (Wildman–Crippen LogP) is 6.40. The van der Waals surface area contributed by atoms with Gasteiger partial charge in [-0.3, -0.25) is 4.79 Å². The highest BCUT2D eigenvalue weighted by molar-refractivity contribution is 5.75. The standard InChI is InChI=1S/C25H31F2NO2/c1-15-2-3-20-11-19(9-8-18(20)10-15)16-4-6-17(7-5-16)25(29)30-21-12-23(26)22(14-28)24(27)13-21/h12-13,15-20H,2-11H2,1H3. The molecular weight excluding hydrogens is 384 g/mol. The quantitative estimate of drug-likeness (QED) is 0.424. The van der Waals surface area contributed by atoms with Gasteiger partial charge in [0.05, 0.1) is 5.92 Å². The van der Waals surface area contributed by atoms with Crippen molar-refractivity contribution in [3.05, 3.63) is 29.3 Å². The molecule has 0 spiro atoms. The number of nitrogens with zero attached hydrogens (tertiary/aromatic N) is 1. The number of rotatable bonds is 3. The number of hydrogen-bond donors (Lipinski definition) is 0. The van der Waals surface area contributed by atoms with Crippen molar-refractivity contribution in [3.8, 4) is 11.8 Å². The fourth-order valence-electron chi connectivity index (χ4n) is 6.33. The summed E-state index contributed by atoms with van der Waals surface area (Å²) < 4.78 is 32.7. The van der Waals surface area contributed by atoms with Crippen molar-refractivity contribution in [1.29, 1.82) is 5.26 Å². The van der Waals surface area contributed by atoms with E-state index in [-0.39, 0.29) is 11.7 Å². The number of hydrogen-bond acceptors (Lipinski definition) is 3. The number of carbonyl (C=O) groups is 1. The fraction of sp³-hybridized carbons (Fsp3) is 0.680. The van der Waals surface area contributed by atoms with Gasteiger partial charge < -0.3 is 4.74 Å². The Morgan fingerprint density at radius 1 is 0.900 bits per heavy atom. The van der Waals surface area contributed by atoms with Crippen molar-refractivity contribution in [2.24, 2.45) is 35.5 Å². The largest absolute Gasteiger partial charge is 0.426 e. The molecule has 1 aromatic carbocycles. The molecule has 0 heterocycles. The average Bonchev–Trinajstić information content (AvgIpc) is 2.73. The second-order valence-corrected chi connectivity index (χ2v) is 9.92. The zero-order valence-electron chi connectivity index (χ0n) is 17.7. The van der Waals surface area contributed by atoms with Gasteiger partial charge in [-0.2, -0.15) is 5.26 Å². The van der Waals surface area contributed by atoms with E-state index in [1.54, 1.807) is 0 Å². The van der Waals surface area contributed by atoms with Crippen LogP contribution >= 0.6 is 0 Å². The Labute approximate surface area is 177 Å². The molecule has 3 saturated carbocycles. The summed E-state index contributed by atoms with van der Waals surface area (Å²) in [5, 5.41) is 8.75. The molecule has 0 amide bonds. The lowest BCUT2D eigenvalue weighted by atomic mass is 9.61. The van der Waals surface area contributed by atoms with Gasteiger partial charge in [0.2, 0.25) is 0 Å². The number of ether oxygens (including phenoxy) is 1. The van der Waals surface area contributed by atoms with Crippen LogP contribution in [0, 0.1) is 58.5 Å². The van der Waals surface area contributed by atoms with E-state index < -0.39 is 23.2 Å². The van der Waals surface area contributed by atoms with Crippen LogP contribution in [0.2, 0.25) is 0 Å². The van der Waals surface area contributed by atoms with Gasteiger partial charge in [0, 0.05) is 12.1 Å². The van der Waals surface area contributed by atoms with E-state index in [9.17, 15) is 13.6 Å². The number of carbonyl (C=O) groups excluding carboxylic acids is 1. The van der Waals surface area contributed by atoms with Crippen molar-refractivity contribution < 1.29 is 18.3 Å². The van der Waals surface area contributed by atoms with Crippen molar-refractivity contribution in [2.75, 3.05) is 0 Å². The van der Waals surface area contributed by atoms with Gasteiger partial charge in [0.15, 0.2) is 0 Å². The first-order valence-electron chi connectivity index (χ1n) is 11.6. The van der Waals surface area contributed by atoms with Crippen LogP contribution in [0.15, 0.2) is 12.1 Å². The first-order valence-corrected chi connectivity index (χ1v) is 11.6. The molecule has 4 atom stereocenters. The van der Waals surface area contributed by atoms with Crippen LogP contribution in [0.3, 0.4) is 0 Å². The van der Waals surface area contributed by atoms with Gasteiger partial charge in [-0.1, -0.05) is 13.3 Å². The maximum absolute atomic E-state index is 13.7.